The van der Waals surface area contributed by atoms with Gasteiger partial charge in [0.25, 0.3) is 0 Å². The minimum Gasteiger partial charge on any atom is -0.421 e. The summed E-state index contributed by atoms with van der Waals surface area (Å²) in [6, 6.07) is 16.1. The number of benzene rings is 2. The van der Waals surface area contributed by atoms with Crippen molar-refractivity contribution in [3.05, 3.63) is 72.2 Å². The molecule has 0 aliphatic heterocycles. The van der Waals surface area contributed by atoms with Crippen LogP contribution in [0.25, 0.3) is 32.9 Å². The predicted molar refractivity (Wildman–Crippen MR) is 111 cm³/mol. The van der Waals surface area contributed by atoms with Crippen molar-refractivity contribution in [3.8, 4) is 22.0 Å². The van der Waals surface area contributed by atoms with Crippen LogP contribution in [0.3, 0.4) is 0 Å². The minimum absolute atomic E-state index is 0.508. The Morgan fingerprint density at radius 2 is 1.89 bits per heavy atom. The summed E-state index contributed by atoms with van der Waals surface area (Å²) in [6.07, 6.45) is 3.62. The van der Waals surface area contributed by atoms with Crippen LogP contribution < -0.4 is 5.32 Å². The largest absolute Gasteiger partial charge is 0.421 e. The van der Waals surface area contributed by atoms with Crippen molar-refractivity contribution in [3.63, 3.8) is 0 Å². The van der Waals surface area contributed by atoms with Crippen LogP contribution in [0.2, 0.25) is 0 Å². The molecule has 0 saturated carbocycles. The van der Waals surface area contributed by atoms with E-state index in [1.165, 1.54) is 0 Å². The smallest absolute Gasteiger partial charge is 0.247 e. The van der Waals surface area contributed by atoms with Gasteiger partial charge in [-0.2, -0.15) is 0 Å². The topological polar surface area (TPSA) is 76.7 Å². The van der Waals surface area contributed by atoms with Gasteiger partial charge < -0.3 is 9.73 Å². The van der Waals surface area contributed by atoms with Crippen LogP contribution in [0.4, 0.5) is 11.4 Å². The van der Waals surface area contributed by atoms with Gasteiger partial charge >= 0.3 is 0 Å². The molecule has 0 amide bonds. The van der Waals surface area contributed by atoms with Crippen molar-refractivity contribution < 1.29 is 4.42 Å². The lowest BCUT2D eigenvalue weighted by atomic mass is 10.1. The molecule has 0 fully saturated rings. The highest BCUT2D eigenvalue weighted by molar-refractivity contribution is 7.13. The summed E-state index contributed by atoms with van der Waals surface area (Å²) < 4.78 is 5.53. The molecular formula is C21H15N5OS. The third kappa shape index (κ3) is 3.12. The fourth-order valence-electron chi connectivity index (χ4n) is 3.05. The van der Waals surface area contributed by atoms with Crippen LogP contribution in [0.15, 0.2) is 70.7 Å². The number of pyridine rings is 1. The van der Waals surface area contributed by atoms with E-state index < -0.39 is 0 Å². The summed E-state index contributed by atoms with van der Waals surface area (Å²) in [4.78, 5) is 8.90. The molecule has 0 atom stereocenters. The second kappa shape index (κ2) is 6.86. The maximum absolute atomic E-state index is 5.53. The Labute approximate surface area is 164 Å². The number of aromatic nitrogens is 4. The summed E-state index contributed by atoms with van der Waals surface area (Å²) in [6.45, 7) is 1.78. The van der Waals surface area contributed by atoms with Gasteiger partial charge in [-0.3, -0.25) is 4.98 Å². The van der Waals surface area contributed by atoms with Crippen molar-refractivity contribution in [2.75, 3.05) is 5.32 Å². The number of hydrogen-bond acceptors (Lipinski definition) is 7. The lowest BCUT2D eigenvalue weighted by molar-refractivity contribution is 0.533. The number of nitrogens with one attached hydrogen (secondary N) is 1. The Kier molecular flexibility index (Phi) is 4.06. The van der Waals surface area contributed by atoms with E-state index >= 15 is 0 Å². The highest BCUT2D eigenvalue weighted by Crippen LogP contribution is 2.31. The minimum atomic E-state index is 0.508. The van der Waals surface area contributed by atoms with Gasteiger partial charge in [0, 0.05) is 52.6 Å². The van der Waals surface area contributed by atoms with Crippen LogP contribution in [0.1, 0.15) is 5.89 Å². The third-order valence-corrected chi connectivity index (χ3v) is 5.16. The van der Waals surface area contributed by atoms with E-state index in [-0.39, 0.29) is 0 Å². The van der Waals surface area contributed by atoms with E-state index in [9.17, 15) is 0 Å². The molecule has 5 rings (SSSR count). The second-order valence-electron chi connectivity index (χ2n) is 6.26. The van der Waals surface area contributed by atoms with Gasteiger partial charge in [0.05, 0.1) is 5.52 Å². The SMILES string of the molecule is Cc1nnc(-c2cccc(Nc3ccnc4cc(-c5nccs5)ccc34)c2)o1. The molecule has 0 saturated heterocycles. The molecule has 0 unspecified atom stereocenters. The van der Waals surface area contributed by atoms with Gasteiger partial charge in [-0.05, 0) is 30.3 Å². The average molecular weight is 385 g/mol. The van der Waals surface area contributed by atoms with Gasteiger partial charge in [-0.15, -0.1) is 21.5 Å². The molecule has 3 heterocycles. The number of thiazole rings is 1. The van der Waals surface area contributed by atoms with E-state index in [0.717, 1.165) is 38.4 Å². The van der Waals surface area contributed by atoms with E-state index in [4.69, 9.17) is 4.42 Å². The molecule has 0 spiro atoms. The fourth-order valence-corrected chi connectivity index (χ4v) is 3.69. The van der Waals surface area contributed by atoms with Gasteiger partial charge in [0.1, 0.15) is 5.01 Å². The monoisotopic (exact) mass is 385 g/mol. The number of aryl methyl sites for hydroxylation is 1. The third-order valence-electron chi connectivity index (χ3n) is 4.34. The summed E-state index contributed by atoms with van der Waals surface area (Å²) in [7, 11) is 0. The molecule has 0 bridgehead atoms. The van der Waals surface area contributed by atoms with E-state index in [0.29, 0.717) is 11.8 Å². The summed E-state index contributed by atoms with van der Waals surface area (Å²) >= 11 is 1.62. The molecule has 6 nitrogen and oxygen atoms in total. The maximum atomic E-state index is 5.53. The molecule has 0 radical (unpaired) electrons. The normalized spacial score (nSPS) is 11.0. The van der Waals surface area contributed by atoms with E-state index in [1.807, 2.05) is 48.1 Å². The maximum Gasteiger partial charge on any atom is 0.247 e. The van der Waals surface area contributed by atoms with Crippen LogP contribution in [-0.4, -0.2) is 20.2 Å². The summed E-state index contributed by atoms with van der Waals surface area (Å²) in [5, 5.41) is 15.5. The van der Waals surface area contributed by atoms with Crippen LogP contribution in [0, 0.1) is 6.92 Å². The molecule has 136 valence electrons. The summed E-state index contributed by atoms with van der Waals surface area (Å²) in [5.74, 6) is 1.05. The van der Waals surface area contributed by atoms with Crippen molar-refractivity contribution in [1.82, 2.24) is 20.2 Å². The molecule has 1 N–H and O–H groups in total. The van der Waals surface area contributed by atoms with Gasteiger partial charge in [-0.1, -0.05) is 18.2 Å². The zero-order valence-electron chi connectivity index (χ0n) is 15.0. The number of nitrogens with zero attached hydrogens (tertiary/aromatic N) is 4. The van der Waals surface area contributed by atoms with E-state index in [1.54, 1.807) is 18.3 Å². The Bertz CT molecular complexity index is 1260. The van der Waals surface area contributed by atoms with Gasteiger partial charge in [0.15, 0.2) is 0 Å². The predicted octanol–water partition coefficient (Wildman–Crippen LogP) is 5.46. The first kappa shape index (κ1) is 16.6. The lowest BCUT2D eigenvalue weighted by Gasteiger charge is -2.11. The Hall–Kier alpha value is -3.58. The molecular weight excluding hydrogens is 370 g/mol. The summed E-state index contributed by atoms with van der Waals surface area (Å²) in [5.41, 5.74) is 4.77. The van der Waals surface area contributed by atoms with Crippen molar-refractivity contribution >= 4 is 33.6 Å². The standard InChI is InChI=1S/C21H15N5OS/c1-13-25-26-20(27-13)14-3-2-4-16(11-14)24-18-7-8-22-19-12-15(5-6-17(18)19)21-23-9-10-28-21/h2-12H,1H3,(H,22,24). The van der Waals surface area contributed by atoms with Gasteiger partial charge in [-0.25, -0.2) is 4.98 Å². The van der Waals surface area contributed by atoms with Crippen molar-refractivity contribution in [2.45, 2.75) is 6.92 Å². The Balaban J connectivity index is 1.50. The highest BCUT2D eigenvalue weighted by Gasteiger charge is 2.09. The molecule has 0 aliphatic carbocycles. The second-order valence-corrected chi connectivity index (χ2v) is 7.15. The van der Waals surface area contributed by atoms with Crippen molar-refractivity contribution in [1.29, 1.82) is 0 Å². The first-order valence-electron chi connectivity index (χ1n) is 8.72. The van der Waals surface area contributed by atoms with E-state index in [2.05, 4.69) is 43.7 Å². The highest BCUT2D eigenvalue weighted by atomic mass is 32.1. The number of rotatable bonds is 4. The quantitative estimate of drug-likeness (QED) is 0.443. The van der Waals surface area contributed by atoms with Gasteiger partial charge in [0.2, 0.25) is 11.8 Å². The number of hydrogen-bond donors (Lipinski definition) is 1. The van der Waals surface area contributed by atoms with Crippen LogP contribution in [0.5, 0.6) is 0 Å². The number of fused-ring (bicyclic) bond motifs is 1. The lowest BCUT2D eigenvalue weighted by Crippen LogP contribution is -1.93. The van der Waals surface area contributed by atoms with Crippen LogP contribution in [-0.2, 0) is 0 Å². The zero-order valence-corrected chi connectivity index (χ0v) is 15.8. The molecule has 2 aromatic carbocycles. The average Bonchev–Trinajstić information content (AvgIpc) is 3.40. The van der Waals surface area contributed by atoms with Crippen molar-refractivity contribution in [2.24, 2.45) is 0 Å². The van der Waals surface area contributed by atoms with Crippen LogP contribution >= 0.6 is 11.3 Å². The molecule has 5 aromatic rings. The zero-order chi connectivity index (χ0) is 18.9. The first-order valence-corrected chi connectivity index (χ1v) is 9.60. The Morgan fingerprint density at radius 3 is 2.71 bits per heavy atom. The number of anilines is 2. The fraction of sp³-hybridized carbons (Fsp3) is 0.0476. The first-order chi connectivity index (χ1) is 13.8. The molecule has 7 heteroatoms. The Morgan fingerprint density at radius 1 is 0.929 bits per heavy atom. The molecule has 28 heavy (non-hydrogen) atoms. The molecule has 0 aliphatic rings. The molecule has 3 aromatic heterocycles.